The summed E-state index contributed by atoms with van der Waals surface area (Å²) in [6.45, 7) is 4.11. The van der Waals surface area contributed by atoms with Crippen LogP contribution in [0.5, 0.6) is 0 Å². The Hall–Kier alpha value is -2.21. The molecule has 0 radical (unpaired) electrons. The Balaban J connectivity index is 1.37. The zero-order valence-electron chi connectivity index (χ0n) is 13.8. The van der Waals surface area contributed by atoms with Crippen molar-refractivity contribution < 1.29 is 9.32 Å². The molecule has 1 fully saturated rings. The van der Waals surface area contributed by atoms with Gasteiger partial charge in [-0.1, -0.05) is 11.2 Å². The van der Waals surface area contributed by atoms with E-state index in [0.717, 1.165) is 69.7 Å². The Morgan fingerprint density at radius 2 is 2.00 bits per heavy atom. The Kier molecular flexibility index (Phi) is 4.30. The molecule has 0 aromatic carbocycles. The van der Waals surface area contributed by atoms with Crippen molar-refractivity contribution in [2.45, 2.75) is 32.2 Å². The molecule has 1 saturated heterocycles. The maximum absolute atomic E-state index is 12.8. The van der Waals surface area contributed by atoms with Crippen LogP contribution < -0.4 is 0 Å². The van der Waals surface area contributed by atoms with Gasteiger partial charge >= 0.3 is 0 Å². The lowest BCUT2D eigenvalue weighted by Gasteiger charge is -2.34. The zero-order valence-corrected chi connectivity index (χ0v) is 13.8. The van der Waals surface area contributed by atoms with Gasteiger partial charge in [0, 0.05) is 57.1 Å². The molecule has 6 nitrogen and oxygen atoms in total. The Morgan fingerprint density at radius 3 is 2.79 bits per heavy atom. The molecule has 0 saturated carbocycles. The van der Waals surface area contributed by atoms with Gasteiger partial charge in [-0.3, -0.25) is 14.7 Å². The fourth-order valence-corrected chi connectivity index (χ4v) is 3.56. The molecule has 0 atom stereocenters. The van der Waals surface area contributed by atoms with E-state index >= 15 is 0 Å². The highest BCUT2D eigenvalue weighted by atomic mass is 16.5. The normalized spacial score (nSPS) is 18.4. The lowest BCUT2D eigenvalue weighted by atomic mass is 9.96. The van der Waals surface area contributed by atoms with Gasteiger partial charge in [0.05, 0.1) is 0 Å². The maximum atomic E-state index is 12.8. The number of nitrogens with zero attached hydrogens (tertiary/aromatic N) is 4. The molecule has 0 N–H and O–H groups in total. The summed E-state index contributed by atoms with van der Waals surface area (Å²) in [6, 6.07) is 4.05. The van der Waals surface area contributed by atoms with Crippen LogP contribution in [0, 0.1) is 0 Å². The standard InChI is InChI=1S/C18H22N4O2/c23-18(17-15-5-1-2-6-16(15)24-20-17)22-10-8-21(9-11-22)13-14-4-3-7-19-12-14/h3-4,7,12H,1-2,5-6,8-11,13H2. The van der Waals surface area contributed by atoms with Gasteiger partial charge in [0.25, 0.3) is 5.91 Å². The Labute approximate surface area is 141 Å². The van der Waals surface area contributed by atoms with Gasteiger partial charge in [0.1, 0.15) is 5.76 Å². The van der Waals surface area contributed by atoms with Crippen molar-refractivity contribution in [3.8, 4) is 0 Å². The minimum Gasteiger partial charge on any atom is -0.360 e. The van der Waals surface area contributed by atoms with E-state index in [1.807, 2.05) is 17.2 Å². The third-order valence-electron chi connectivity index (χ3n) is 4.94. The first-order valence-corrected chi connectivity index (χ1v) is 8.69. The highest BCUT2D eigenvalue weighted by Crippen LogP contribution is 2.25. The summed E-state index contributed by atoms with van der Waals surface area (Å²) >= 11 is 0. The van der Waals surface area contributed by atoms with Crippen molar-refractivity contribution in [2.24, 2.45) is 0 Å². The maximum Gasteiger partial charge on any atom is 0.276 e. The largest absolute Gasteiger partial charge is 0.360 e. The van der Waals surface area contributed by atoms with Gasteiger partial charge < -0.3 is 9.42 Å². The number of aryl methyl sites for hydroxylation is 1. The molecule has 0 bridgehead atoms. The molecule has 1 aliphatic carbocycles. The molecule has 1 aliphatic heterocycles. The molecule has 126 valence electrons. The number of fused-ring (bicyclic) bond motifs is 1. The van der Waals surface area contributed by atoms with Crippen LogP contribution >= 0.6 is 0 Å². The summed E-state index contributed by atoms with van der Waals surface area (Å²) < 4.78 is 5.38. The van der Waals surface area contributed by atoms with Gasteiger partial charge in [0.2, 0.25) is 0 Å². The van der Waals surface area contributed by atoms with Crippen molar-refractivity contribution >= 4 is 5.91 Å². The molecular weight excluding hydrogens is 304 g/mol. The van der Waals surface area contributed by atoms with Gasteiger partial charge in [-0.2, -0.15) is 0 Å². The second-order valence-electron chi connectivity index (χ2n) is 6.57. The lowest BCUT2D eigenvalue weighted by molar-refractivity contribution is 0.0617. The highest BCUT2D eigenvalue weighted by Gasteiger charge is 2.29. The minimum absolute atomic E-state index is 0.0305. The van der Waals surface area contributed by atoms with E-state index in [4.69, 9.17) is 4.52 Å². The molecule has 6 heteroatoms. The molecule has 1 amide bonds. The third-order valence-corrected chi connectivity index (χ3v) is 4.94. The third kappa shape index (κ3) is 3.06. The first-order valence-electron chi connectivity index (χ1n) is 8.69. The van der Waals surface area contributed by atoms with Crippen LogP contribution in [-0.2, 0) is 19.4 Å². The molecule has 2 aliphatic rings. The van der Waals surface area contributed by atoms with Gasteiger partial charge in [-0.05, 0) is 30.9 Å². The van der Waals surface area contributed by atoms with E-state index in [-0.39, 0.29) is 5.91 Å². The van der Waals surface area contributed by atoms with Crippen molar-refractivity contribution in [1.29, 1.82) is 0 Å². The SMILES string of the molecule is O=C(c1noc2c1CCCC2)N1CCN(Cc2cccnc2)CC1. The quantitative estimate of drug-likeness (QED) is 0.862. The number of rotatable bonds is 3. The number of aromatic nitrogens is 2. The number of carbonyl (C=O) groups excluding carboxylic acids is 1. The van der Waals surface area contributed by atoms with Crippen molar-refractivity contribution in [3.63, 3.8) is 0 Å². The number of pyridine rings is 1. The number of hydrogen-bond donors (Lipinski definition) is 0. The molecule has 3 heterocycles. The Morgan fingerprint density at radius 1 is 1.17 bits per heavy atom. The summed E-state index contributed by atoms with van der Waals surface area (Å²) in [6.07, 6.45) is 7.77. The van der Waals surface area contributed by atoms with Crippen LogP contribution in [0.2, 0.25) is 0 Å². The smallest absolute Gasteiger partial charge is 0.276 e. The molecule has 24 heavy (non-hydrogen) atoms. The van der Waals surface area contributed by atoms with Crippen molar-refractivity contribution in [2.75, 3.05) is 26.2 Å². The van der Waals surface area contributed by atoms with E-state index in [1.165, 1.54) is 5.56 Å². The van der Waals surface area contributed by atoms with Crippen LogP contribution in [0.25, 0.3) is 0 Å². The predicted octanol–water partition coefficient (Wildman–Crippen LogP) is 1.91. The molecule has 2 aromatic heterocycles. The van der Waals surface area contributed by atoms with E-state index in [2.05, 4.69) is 21.1 Å². The van der Waals surface area contributed by atoms with E-state index in [0.29, 0.717) is 5.69 Å². The molecule has 0 unspecified atom stereocenters. The van der Waals surface area contributed by atoms with Crippen LogP contribution in [0.3, 0.4) is 0 Å². The summed E-state index contributed by atoms with van der Waals surface area (Å²) in [4.78, 5) is 21.2. The van der Waals surface area contributed by atoms with Crippen molar-refractivity contribution in [1.82, 2.24) is 19.9 Å². The average molecular weight is 326 g/mol. The monoisotopic (exact) mass is 326 g/mol. The van der Waals surface area contributed by atoms with Gasteiger partial charge in [-0.15, -0.1) is 0 Å². The summed E-state index contributed by atoms with van der Waals surface area (Å²) in [5.41, 5.74) is 2.80. The van der Waals surface area contributed by atoms with Crippen LogP contribution in [0.1, 0.15) is 40.2 Å². The fraction of sp³-hybridized carbons (Fsp3) is 0.500. The first-order chi connectivity index (χ1) is 11.8. The predicted molar refractivity (Wildman–Crippen MR) is 88.6 cm³/mol. The number of carbonyl (C=O) groups is 1. The average Bonchev–Trinajstić information content (AvgIpc) is 3.07. The number of hydrogen-bond acceptors (Lipinski definition) is 5. The molecule has 0 spiro atoms. The summed E-state index contributed by atoms with van der Waals surface area (Å²) in [7, 11) is 0. The minimum atomic E-state index is 0.0305. The van der Waals surface area contributed by atoms with E-state index < -0.39 is 0 Å². The first kappa shape index (κ1) is 15.3. The highest BCUT2D eigenvalue weighted by molar-refractivity contribution is 5.94. The lowest BCUT2D eigenvalue weighted by Crippen LogP contribution is -2.48. The van der Waals surface area contributed by atoms with Crippen LogP contribution in [0.4, 0.5) is 0 Å². The molecule has 2 aromatic rings. The second kappa shape index (κ2) is 6.73. The topological polar surface area (TPSA) is 62.5 Å². The van der Waals surface area contributed by atoms with Crippen molar-refractivity contribution in [3.05, 3.63) is 47.1 Å². The zero-order chi connectivity index (χ0) is 16.4. The fourth-order valence-electron chi connectivity index (χ4n) is 3.56. The number of piperazine rings is 1. The van der Waals surface area contributed by atoms with Gasteiger partial charge in [0.15, 0.2) is 5.69 Å². The summed E-state index contributed by atoms with van der Waals surface area (Å²) in [5.74, 6) is 0.947. The Bertz CT molecular complexity index is 705. The van der Waals surface area contributed by atoms with Gasteiger partial charge in [-0.25, -0.2) is 0 Å². The second-order valence-corrected chi connectivity index (χ2v) is 6.57. The molecular formula is C18H22N4O2. The van der Waals surface area contributed by atoms with E-state index in [9.17, 15) is 4.79 Å². The molecule has 4 rings (SSSR count). The van der Waals surface area contributed by atoms with Crippen LogP contribution in [-0.4, -0.2) is 52.0 Å². The van der Waals surface area contributed by atoms with E-state index in [1.54, 1.807) is 6.20 Å². The van der Waals surface area contributed by atoms with Crippen LogP contribution in [0.15, 0.2) is 29.0 Å². The number of amides is 1. The summed E-state index contributed by atoms with van der Waals surface area (Å²) in [5, 5.41) is 4.07.